The van der Waals surface area contributed by atoms with Gasteiger partial charge in [-0.1, -0.05) is 15.9 Å². The van der Waals surface area contributed by atoms with Crippen molar-refractivity contribution in [3.8, 4) is 17.2 Å². The number of rotatable bonds is 5. The zero-order valence-corrected chi connectivity index (χ0v) is 14.0. The molecule has 3 N–H and O–H groups in total. The van der Waals surface area contributed by atoms with Gasteiger partial charge in [0.25, 0.3) is 5.91 Å². The maximum absolute atomic E-state index is 11.8. The number of nitrogens with one attached hydrogen (secondary N) is 2. The van der Waals surface area contributed by atoms with E-state index in [-0.39, 0.29) is 25.0 Å². The van der Waals surface area contributed by atoms with Crippen molar-refractivity contribution in [2.75, 3.05) is 18.7 Å². The van der Waals surface area contributed by atoms with Crippen LogP contribution in [0.25, 0.3) is 0 Å². The van der Waals surface area contributed by atoms with Crippen LogP contribution >= 0.6 is 15.9 Å². The van der Waals surface area contributed by atoms with E-state index in [1.54, 1.807) is 30.3 Å². The number of fused-ring (bicyclic) bond motifs is 1. The summed E-state index contributed by atoms with van der Waals surface area (Å²) >= 11 is 3.30. The molecular formula is C16H14BrN3O4. The van der Waals surface area contributed by atoms with Crippen molar-refractivity contribution in [1.29, 1.82) is 0 Å². The molecule has 124 valence electrons. The van der Waals surface area contributed by atoms with Gasteiger partial charge in [0.1, 0.15) is 5.75 Å². The predicted octanol–water partition coefficient (Wildman–Crippen LogP) is 2.45. The standard InChI is InChI=1S/C16H14BrN3O4/c17-11-1-3-13(21)10(5-11)7-19-20-16(22)8-18-12-2-4-14-15(6-12)24-9-23-14/h1-7,18,21H,8-9H2,(H,20,22)/b19-7+. The minimum absolute atomic E-state index is 0.0431. The van der Waals surface area contributed by atoms with Crippen molar-refractivity contribution >= 4 is 33.7 Å². The van der Waals surface area contributed by atoms with Crippen LogP contribution in [0.3, 0.4) is 0 Å². The van der Waals surface area contributed by atoms with Gasteiger partial charge in [0.05, 0.1) is 12.8 Å². The van der Waals surface area contributed by atoms with E-state index in [9.17, 15) is 9.90 Å². The fourth-order valence-corrected chi connectivity index (χ4v) is 2.41. The molecule has 0 saturated heterocycles. The molecule has 0 fully saturated rings. The van der Waals surface area contributed by atoms with Crippen LogP contribution in [-0.4, -0.2) is 30.6 Å². The highest BCUT2D eigenvalue weighted by molar-refractivity contribution is 9.10. The van der Waals surface area contributed by atoms with E-state index in [0.29, 0.717) is 17.1 Å². The lowest BCUT2D eigenvalue weighted by Crippen LogP contribution is -2.25. The molecule has 0 unspecified atom stereocenters. The van der Waals surface area contributed by atoms with Crippen molar-refractivity contribution in [2.24, 2.45) is 5.10 Å². The van der Waals surface area contributed by atoms with Crippen molar-refractivity contribution < 1.29 is 19.4 Å². The Morgan fingerprint density at radius 3 is 2.96 bits per heavy atom. The van der Waals surface area contributed by atoms with Crippen LogP contribution in [0.15, 0.2) is 46.0 Å². The Balaban J connectivity index is 1.51. The molecule has 0 aromatic heterocycles. The number of halogens is 1. The topological polar surface area (TPSA) is 92.2 Å². The van der Waals surface area contributed by atoms with E-state index >= 15 is 0 Å². The summed E-state index contributed by atoms with van der Waals surface area (Å²) in [5, 5.41) is 16.5. The molecule has 0 radical (unpaired) electrons. The number of ether oxygens (including phenoxy) is 2. The molecule has 2 aromatic carbocycles. The minimum Gasteiger partial charge on any atom is -0.507 e. The maximum Gasteiger partial charge on any atom is 0.259 e. The molecule has 0 aliphatic carbocycles. The van der Waals surface area contributed by atoms with Crippen LogP contribution in [0.5, 0.6) is 17.2 Å². The third-order valence-corrected chi connectivity index (χ3v) is 3.70. The van der Waals surface area contributed by atoms with Gasteiger partial charge in [-0.15, -0.1) is 0 Å². The van der Waals surface area contributed by atoms with Crippen molar-refractivity contribution in [3.63, 3.8) is 0 Å². The molecule has 1 aliphatic heterocycles. The van der Waals surface area contributed by atoms with Crippen LogP contribution in [0.1, 0.15) is 5.56 Å². The largest absolute Gasteiger partial charge is 0.507 e. The summed E-state index contributed by atoms with van der Waals surface area (Å²) in [6.45, 7) is 0.248. The van der Waals surface area contributed by atoms with Crippen molar-refractivity contribution in [3.05, 3.63) is 46.4 Å². The van der Waals surface area contributed by atoms with E-state index in [1.807, 2.05) is 0 Å². The molecule has 1 heterocycles. The lowest BCUT2D eigenvalue weighted by atomic mass is 10.2. The average Bonchev–Trinajstić information content (AvgIpc) is 3.04. The lowest BCUT2D eigenvalue weighted by molar-refractivity contribution is -0.119. The maximum atomic E-state index is 11.8. The number of carbonyl (C=O) groups is 1. The fourth-order valence-electron chi connectivity index (χ4n) is 2.03. The molecule has 0 bridgehead atoms. The zero-order valence-electron chi connectivity index (χ0n) is 12.5. The first-order valence-electron chi connectivity index (χ1n) is 7.06. The Morgan fingerprint density at radius 2 is 2.08 bits per heavy atom. The molecule has 7 nitrogen and oxygen atoms in total. The van der Waals surface area contributed by atoms with Gasteiger partial charge in [-0.05, 0) is 30.3 Å². The van der Waals surface area contributed by atoms with Gasteiger partial charge in [0.2, 0.25) is 6.79 Å². The van der Waals surface area contributed by atoms with E-state index < -0.39 is 0 Å². The highest BCUT2D eigenvalue weighted by Gasteiger charge is 2.13. The molecule has 0 spiro atoms. The number of phenolic OH excluding ortho intramolecular Hbond substituents is 1. The zero-order chi connectivity index (χ0) is 16.9. The number of hydrogen-bond acceptors (Lipinski definition) is 6. The summed E-state index contributed by atoms with van der Waals surface area (Å²) in [7, 11) is 0. The van der Waals surface area contributed by atoms with Gasteiger partial charge < -0.3 is 19.9 Å². The first-order valence-corrected chi connectivity index (χ1v) is 7.85. The molecule has 24 heavy (non-hydrogen) atoms. The van der Waals surface area contributed by atoms with Gasteiger partial charge in [0, 0.05) is 21.8 Å². The Morgan fingerprint density at radius 1 is 1.25 bits per heavy atom. The predicted molar refractivity (Wildman–Crippen MR) is 92.6 cm³/mol. The van der Waals surface area contributed by atoms with Gasteiger partial charge in [-0.2, -0.15) is 5.10 Å². The number of phenols is 1. The van der Waals surface area contributed by atoms with E-state index in [4.69, 9.17) is 9.47 Å². The third-order valence-electron chi connectivity index (χ3n) is 3.21. The first kappa shape index (κ1) is 16.1. The summed E-state index contributed by atoms with van der Waals surface area (Å²) in [6.07, 6.45) is 1.37. The molecule has 3 rings (SSSR count). The van der Waals surface area contributed by atoms with Crippen LogP contribution in [0, 0.1) is 0 Å². The highest BCUT2D eigenvalue weighted by Crippen LogP contribution is 2.34. The van der Waals surface area contributed by atoms with E-state index in [2.05, 4.69) is 31.8 Å². The van der Waals surface area contributed by atoms with Gasteiger partial charge >= 0.3 is 0 Å². The molecule has 1 amide bonds. The van der Waals surface area contributed by atoms with Crippen LogP contribution in [-0.2, 0) is 4.79 Å². The van der Waals surface area contributed by atoms with Crippen LogP contribution in [0.4, 0.5) is 5.69 Å². The number of aromatic hydroxyl groups is 1. The first-order chi connectivity index (χ1) is 11.6. The number of hydrogen-bond donors (Lipinski definition) is 3. The monoisotopic (exact) mass is 391 g/mol. The molecule has 0 saturated carbocycles. The van der Waals surface area contributed by atoms with Gasteiger partial charge in [0.15, 0.2) is 11.5 Å². The molecule has 8 heteroatoms. The van der Waals surface area contributed by atoms with E-state index in [1.165, 1.54) is 12.3 Å². The Labute approximate surface area is 146 Å². The summed E-state index contributed by atoms with van der Waals surface area (Å²) in [4.78, 5) is 11.8. The van der Waals surface area contributed by atoms with E-state index in [0.717, 1.165) is 10.2 Å². The summed E-state index contributed by atoms with van der Waals surface area (Å²) in [5.74, 6) is 1.08. The second kappa shape index (κ2) is 7.22. The smallest absolute Gasteiger partial charge is 0.259 e. The molecular weight excluding hydrogens is 378 g/mol. The number of hydrazone groups is 1. The SMILES string of the molecule is O=C(CNc1ccc2c(c1)OCO2)N/N=C/c1cc(Br)ccc1O. The van der Waals surface area contributed by atoms with Crippen LogP contribution in [0.2, 0.25) is 0 Å². The van der Waals surface area contributed by atoms with Crippen molar-refractivity contribution in [1.82, 2.24) is 5.43 Å². The third kappa shape index (κ3) is 3.96. The number of carbonyl (C=O) groups excluding carboxylic acids is 1. The number of nitrogens with zero attached hydrogens (tertiary/aromatic N) is 1. The number of amides is 1. The summed E-state index contributed by atoms with van der Waals surface area (Å²) < 4.78 is 11.3. The normalized spacial score (nSPS) is 12.4. The number of anilines is 1. The fraction of sp³-hybridized carbons (Fsp3) is 0.125. The Hall–Kier alpha value is -2.74. The second-order valence-corrected chi connectivity index (χ2v) is 5.83. The lowest BCUT2D eigenvalue weighted by Gasteiger charge is -2.06. The molecule has 0 atom stereocenters. The van der Waals surface area contributed by atoms with Crippen LogP contribution < -0.4 is 20.2 Å². The van der Waals surface area contributed by atoms with Gasteiger partial charge in [-0.3, -0.25) is 4.79 Å². The Kier molecular flexibility index (Phi) is 4.85. The second-order valence-electron chi connectivity index (χ2n) is 4.92. The molecule has 2 aromatic rings. The van der Waals surface area contributed by atoms with Gasteiger partial charge in [-0.25, -0.2) is 5.43 Å². The Bertz CT molecular complexity index is 795. The summed E-state index contributed by atoms with van der Waals surface area (Å²) in [5.41, 5.74) is 3.62. The highest BCUT2D eigenvalue weighted by atomic mass is 79.9. The quantitative estimate of drug-likeness (QED) is 0.537. The average molecular weight is 392 g/mol. The summed E-state index contributed by atoms with van der Waals surface area (Å²) in [6, 6.07) is 10.3. The minimum atomic E-state index is -0.321. The molecule has 1 aliphatic rings. The van der Waals surface area contributed by atoms with Crippen molar-refractivity contribution in [2.45, 2.75) is 0 Å². The number of benzene rings is 2.